The summed E-state index contributed by atoms with van der Waals surface area (Å²) in [7, 11) is 0. The van der Waals surface area contributed by atoms with Crippen LogP contribution in [0.15, 0.2) is 24.3 Å². The monoisotopic (exact) mass is 291 g/mol. The minimum atomic E-state index is -1.05. The molecule has 0 radical (unpaired) electrons. The van der Waals surface area contributed by atoms with Gasteiger partial charge in [0, 0.05) is 17.5 Å². The first kappa shape index (κ1) is 16.6. The van der Waals surface area contributed by atoms with Crippen LogP contribution in [0, 0.1) is 5.92 Å². The van der Waals surface area contributed by atoms with Crippen LogP contribution in [0.4, 0.5) is 11.4 Å². The van der Waals surface area contributed by atoms with Gasteiger partial charge in [0.05, 0.1) is 0 Å². The lowest BCUT2D eigenvalue weighted by Crippen LogP contribution is -2.40. The van der Waals surface area contributed by atoms with E-state index in [9.17, 15) is 9.59 Å². The van der Waals surface area contributed by atoms with Gasteiger partial charge >= 0.3 is 5.97 Å². The highest BCUT2D eigenvalue weighted by Crippen LogP contribution is 2.17. The Morgan fingerprint density at radius 3 is 2.57 bits per heavy atom. The van der Waals surface area contributed by atoms with Crippen molar-refractivity contribution in [2.45, 2.75) is 26.3 Å². The molecule has 0 spiro atoms. The number of hydrogen-bond acceptors (Lipinski definition) is 4. The number of hydrogen-bond donors (Lipinski definition) is 4. The van der Waals surface area contributed by atoms with Gasteiger partial charge in [-0.05, 0) is 42.2 Å². The van der Waals surface area contributed by atoms with E-state index in [-0.39, 0.29) is 5.92 Å². The quantitative estimate of drug-likeness (QED) is 0.467. The minimum Gasteiger partial charge on any atom is -0.480 e. The third kappa shape index (κ3) is 5.56. The lowest BCUT2D eigenvalue weighted by Gasteiger charge is -2.15. The second-order valence-corrected chi connectivity index (χ2v) is 5.25. The van der Waals surface area contributed by atoms with Crippen LogP contribution in [0.2, 0.25) is 0 Å². The molecule has 6 heteroatoms. The number of benzene rings is 1. The predicted octanol–water partition coefficient (Wildman–Crippen LogP) is 1.48. The highest BCUT2D eigenvalue weighted by atomic mass is 16.4. The third-order valence-electron chi connectivity index (χ3n) is 2.85. The van der Waals surface area contributed by atoms with Gasteiger partial charge in [-0.1, -0.05) is 13.8 Å². The fourth-order valence-corrected chi connectivity index (χ4v) is 1.82. The summed E-state index contributed by atoms with van der Waals surface area (Å²) in [5.41, 5.74) is 13.0. The summed E-state index contributed by atoms with van der Waals surface area (Å²) in [6.45, 7) is 3.79. The predicted molar refractivity (Wildman–Crippen MR) is 83.3 cm³/mol. The van der Waals surface area contributed by atoms with Gasteiger partial charge in [-0.25, -0.2) is 4.79 Å². The Kier molecular flexibility index (Phi) is 5.78. The van der Waals surface area contributed by atoms with Crippen LogP contribution in [-0.4, -0.2) is 23.0 Å². The lowest BCUT2D eigenvalue weighted by molar-refractivity contribution is -0.141. The molecule has 1 aromatic rings. The summed E-state index contributed by atoms with van der Waals surface area (Å²) in [5, 5.41) is 11.5. The van der Waals surface area contributed by atoms with Gasteiger partial charge in [-0.3, -0.25) is 4.79 Å². The molecule has 114 valence electrons. The molecule has 0 saturated carbocycles. The van der Waals surface area contributed by atoms with E-state index < -0.39 is 17.9 Å². The first-order chi connectivity index (χ1) is 9.79. The van der Waals surface area contributed by atoms with Crippen molar-refractivity contribution in [3.05, 3.63) is 29.8 Å². The first-order valence-electron chi connectivity index (χ1n) is 6.66. The molecule has 0 bridgehead atoms. The summed E-state index contributed by atoms with van der Waals surface area (Å²) in [6.07, 6.45) is 3.13. The number of nitrogen functional groups attached to an aromatic ring is 2. The molecule has 6 N–H and O–H groups in total. The van der Waals surface area contributed by atoms with Crippen LogP contribution < -0.4 is 16.8 Å². The fraction of sp³-hybridized carbons (Fsp3) is 0.333. The molecule has 0 saturated heterocycles. The molecule has 1 unspecified atom stereocenters. The SMILES string of the molecule is CC(C)CC(NC(=O)C=Cc1cc(N)ccc1N)C(=O)O. The molecule has 0 aliphatic carbocycles. The number of amides is 1. The van der Waals surface area contributed by atoms with Crippen molar-refractivity contribution in [1.29, 1.82) is 0 Å². The topological polar surface area (TPSA) is 118 Å². The lowest BCUT2D eigenvalue weighted by atomic mass is 10.0. The molecule has 21 heavy (non-hydrogen) atoms. The second-order valence-electron chi connectivity index (χ2n) is 5.25. The molecule has 1 atom stereocenters. The molecule has 6 nitrogen and oxygen atoms in total. The molecule has 0 aliphatic rings. The van der Waals surface area contributed by atoms with Crippen molar-refractivity contribution in [2.24, 2.45) is 5.92 Å². The summed E-state index contributed by atoms with van der Waals surface area (Å²) < 4.78 is 0. The summed E-state index contributed by atoms with van der Waals surface area (Å²) in [5.74, 6) is -1.36. The fourth-order valence-electron chi connectivity index (χ4n) is 1.82. The average molecular weight is 291 g/mol. The van der Waals surface area contributed by atoms with E-state index in [2.05, 4.69) is 5.32 Å². The van der Waals surface area contributed by atoms with Crippen molar-refractivity contribution in [2.75, 3.05) is 11.5 Å². The van der Waals surface area contributed by atoms with Gasteiger partial charge in [-0.2, -0.15) is 0 Å². The molecule has 1 rings (SSSR count). The van der Waals surface area contributed by atoms with Crippen LogP contribution in [0.25, 0.3) is 6.08 Å². The number of rotatable bonds is 6. The highest BCUT2D eigenvalue weighted by molar-refractivity contribution is 5.95. The second kappa shape index (κ2) is 7.33. The van der Waals surface area contributed by atoms with E-state index in [0.717, 1.165) is 0 Å². The van der Waals surface area contributed by atoms with Gasteiger partial charge in [0.1, 0.15) is 6.04 Å². The Morgan fingerprint density at radius 1 is 1.33 bits per heavy atom. The average Bonchev–Trinajstić information content (AvgIpc) is 2.38. The summed E-state index contributed by atoms with van der Waals surface area (Å²) in [6, 6.07) is 4.05. The van der Waals surface area contributed by atoms with Gasteiger partial charge in [0.25, 0.3) is 0 Å². The largest absolute Gasteiger partial charge is 0.480 e. The van der Waals surface area contributed by atoms with E-state index >= 15 is 0 Å². The Balaban J connectivity index is 2.73. The van der Waals surface area contributed by atoms with Crippen molar-refractivity contribution in [1.82, 2.24) is 5.32 Å². The van der Waals surface area contributed by atoms with E-state index in [4.69, 9.17) is 16.6 Å². The zero-order valence-corrected chi connectivity index (χ0v) is 12.2. The molecule has 0 heterocycles. The van der Waals surface area contributed by atoms with Crippen LogP contribution in [0.1, 0.15) is 25.8 Å². The zero-order valence-electron chi connectivity index (χ0n) is 12.2. The number of nitrogens with two attached hydrogens (primary N) is 2. The van der Waals surface area contributed by atoms with Gasteiger partial charge in [0.2, 0.25) is 5.91 Å². The number of carboxylic acids is 1. The van der Waals surface area contributed by atoms with Crippen molar-refractivity contribution in [3.63, 3.8) is 0 Å². The number of carbonyl (C=O) groups excluding carboxylic acids is 1. The maximum absolute atomic E-state index is 11.8. The number of nitrogens with one attached hydrogen (secondary N) is 1. The number of aliphatic carboxylic acids is 1. The van der Waals surface area contributed by atoms with Crippen LogP contribution in [-0.2, 0) is 9.59 Å². The molecule has 0 aromatic heterocycles. The molecular formula is C15H21N3O3. The third-order valence-corrected chi connectivity index (χ3v) is 2.85. The van der Waals surface area contributed by atoms with Crippen LogP contribution >= 0.6 is 0 Å². The smallest absolute Gasteiger partial charge is 0.326 e. The molecular weight excluding hydrogens is 270 g/mol. The van der Waals surface area contributed by atoms with E-state index in [1.165, 1.54) is 12.2 Å². The van der Waals surface area contributed by atoms with Crippen molar-refractivity contribution >= 4 is 29.3 Å². The van der Waals surface area contributed by atoms with E-state index in [0.29, 0.717) is 23.4 Å². The normalized spacial score (nSPS) is 12.5. The summed E-state index contributed by atoms with van der Waals surface area (Å²) >= 11 is 0. The van der Waals surface area contributed by atoms with Crippen molar-refractivity contribution < 1.29 is 14.7 Å². The molecule has 1 amide bonds. The highest BCUT2D eigenvalue weighted by Gasteiger charge is 2.19. The maximum atomic E-state index is 11.8. The van der Waals surface area contributed by atoms with Crippen LogP contribution in [0.3, 0.4) is 0 Å². The number of anilines is 2. The maximum Gasteiger partial charge on any atom is 0.326 e. The Morgan fingerprint density at radius 2 is 2.00 bits per heavy atom. The first-order valence-corrected chi connectivity index (χ1v) is 6.66. The summed E-state index contributed by atoms with van der Waals surface area (Å²) in [4.78, 5) is 22.8. The van der Waals surface area contributed by atoms with Crippen molar-refractivity contribution in [3.8, 4) is 0 Å². The number of carboxylic acid groups (broad SMARTS) is 1. The van der Waals surface area contributed by atoms with Gasteiger partial charge in [-0.15, -0.1) is 0 Å². The zero-order chi connectivity index (χ0) is 16.0. The Bertz CT molecular complexity index is 553. The van der Waals surface area contributed by atoms with Crippen LogP contribution in [0.5, 0.6) is 0 Å². The molecule has 0 fully saturated rings. The standard InChI is InChI=1S/C15H21N3O3/c1-9(2)7-13(15(20)21)18-14(19)6-3-10-8-11(16)4-5-12(10)17/h3-6,8-9,13H,7,16-17H2,1-2H3,(H,18,19)(H,20,21). The van der Waals surface area contributed by atoms with E-state index in [1.54, 1.807) is 18.2 Å². The van der Waals surface area contributed by atoms with E-state index in [1.807, 2.05) is 13.8 Å². The number of carbonyl (C=O) groups is 2. The Labute approximate surface area is 123 Å². The molecule has 1 aromatic carbocycles. The Hall–Kier alpha value is -2.50. The van der Waals surface area contributed by atoms with Gasteiger partial charge in [0.15, 0.2) is 0 Å². The van der Waals surface area contributed by atoms with Gasteiger partial charge < -0.3 is 21.9 Å². The minimum absolute atomic E-state index is 0.167. The molecule has 0 aliphatic heterocycles.